The van der Waals surface area contributed by atoms with E-state index < -0.39 is 17.3 Å². The summed E-state index contributed by atoms with van der Waals surface area (Å²) >= 11 is 0. The number of pyridine rings is 1. The van der Waals surface area contributed by atoms with Crippen molar-refractivity contribution < 1.29 is 18.0 Å². The van der Waals surface area contributed by atoms with Gasteiger partial charge in [-0.05, 0) is 35.9 Å². The Bertz CT molecular complexity index is 770. The number of rotatable bonds is 6. The van der Waals surface area contributed by atoms with E-state index in [1.165, 1.54) is 12.1 Å². The molecule has 0 atom stereocenters. The summed E-state index contributed by atoms with van der Waals surface area (Å²) in [5.41, 5.74) is -0.332. The molecule has 0 aliphatic heterocycles. The van der Waals surface area contributed by atoms with E-state index in [1.54, 1.807) is 24.5 Å². The van der Waals surface area contributed by atoms with Gasteiger partial charge in [-0.2, -0.15) is 18.4 Å². The second kappa shape index (κ2) is 8.15. The number of amides is 1. The van der Waals surface area contributed by atoms with E-state index in [0.717, 1.165) is 17.7 Å². The first-order valence-electron chi connectivity index (χ1n) is 7.41. The molecule has 0 fully saturated rings. The minimum atomic E-state index is -4.61. The smallest absolute Gasteiger partial charge is 0.385 e. The zero-order valence-electron chi connectivity index (χ0n) is 13.1. The first-order chi connectivity index (χ1) is 11.9. The summed E-state index contributed by atoms with van der Waals surface area (Å²) < 4.78 is 38.6. The van der Waals surface area contributed by atoms with Crippen LogP contribution in [0.2, 0.25) is 0 Å². The number of carbonyl (C=O) groups excluding carboxylic acids is 1. The number of benzene rings is 1. The minimum absolute atomic E-state index is 0.104. The number of aromatic nitrogens is 1. The van der Waals surface area contributed by atoms with Crippen molar-refractivity contribution in [3.8, 4) is 6.07 Å². The molecule has 0 aliphatic carbocycles. The predicted octanol–water partition coefficient (Wildman–Crippen LogP) is 3.09. The Hall–Kier alpha value is -3.08. The summed E-state index contributed by atoms with van der Waals surface area (Å²) in [5.74, 6) is -0.228. The molecule has 0 spiro atoms. The maximum atomic E-state index is 12.9. The van der Waals surface area contributed by atoms with Crippen LogP contribution in [-0.4, -0.2) is 17.4 Å². The van der Waals surface area contributed by atoms with Crippen LogP contribution >= 0.6 is 0 Å². The Balaban J connectivity index is 1.85. The fourth-order valence-electron chi connectivity index (χ4n) is 2.10. The molecular formula is C17H15F3N4O. The molecule has 5 nitrogen and oxygen atoms in total. The van der Waals surface area contributed by atoms with Gasteiger partial charge in [-0.3, -0.25) is 9.78 Å². The molecule has 1 aromatic heterocycles. The average molecular weight is 348 g/mol. The molecule has 0 bridgehead atoms. The molecule has 2 rings (SSSR count). The van der Waals surface area contributed by atoms with Crippen LogP contribution in [0.3, 0.4) is 0 Å². The van der Waals surface area contributed by atoms with Crippen molar-refractivity contribution in [2.24, 2.45) is 0 Å². The summed E-state index contributed by atoms with van der Waals surface area (Å²) in [7, 11) is 0. The van der Waals surface area contributed by atoms with E-state index in [9.17, 15) is 18.0 Å². The first-order valence-corrected chi connectivity index (χ1v) is 7.41. The number of anilines is 1. The molecule has 1 amide bonds. The lowest BCUT2D eigenvalue weighted by Gasteiger charge is -2.12. The van der Waals surface area contributed by atoms with Gasteiger partial charge in [-0.15, -0.1) is 0 Å². The molecule has 0 saturated heterocycles. The van der Waals surface area contributed by atoms with Gasteiger partial charge in [0.05, 0.1) is 17.2 Å². The van der Waals surface area contributed by atoms with Gasteiger partial charge in [0.25, 0.3) is 0 Å². The number of hydrogen-bond donors (Lipinski definition) is 2. The van der Waals surface area contributed by atoms with Gasteiger partial charge >= 0.3 is 6.18 Å². The molecule has 1 heterocycles. The second-order valence-corrected chi connectivity index (χ2v) is 5.18. The number of carbonyl (C=O) groups is 1. The van der Waals surface area contributed by atoms with Crippen molar-refractivity contribution in [3.63, 3.8) is 0 Å². The largest absolute Gasteiger partial charge is 0.417 e. The predicted molar refractivity (Wildman–Crippen MR) is 85.3 cm³/mol. The van der Waals surface area contributed by atoms with Crippen molar-refractivity contribution in [2.45, 2.75) is 19.1 Å². The fourth-order valence-corrected chi connectivity index (χ4v) is 2.10. The van der Waals surface area contributed by atoms with E-state index in [-0.39, 0.29) is 24.6 Å². The lowest BCUT2D eigenvalue weighted by molar-refractivity contribution is -0.137. The molecule has 0 unspecified atom stereocenters. The van der Waals surface area contributed by atoms with Gasteiger partial charge in [0, 0.05) is 37.6 Å². The molecule has 25 heavy (non-hydrogen) atoms. The molecule has 0 saturated carbocycles. The van der Waals surface area contributed by atoms with Crippen LogP contribution in [0.1, 0.15) is 23.1 Å². The van der Waals surface area contributed by atoms with E-state index in [1.807, 2.05) is 0 Å². The number of hydrogen-bond acceptors (Lipinski definition) is 4. The maximum absolute atomic E-state index is 12.9. The van der Waals surface area contributed by atoms with Crippen molar-refractivity contribution >= 4 is 11.6 Å². The molecule has 8 heteroatoms. The van der Waals surface area contributed by atoms with Crippen LogP contribution < -0.4 is 10.6 Å². The van der Waals surface area contributed by atoms with Gasteiger partial charge in [-0.25, -0.2) is 0 Å². The highest BCUT2D eigenvalue weighted by Gasteiger charge is 2.33. The zero-order chi connectivity index (χ0) is 18.3. The Morgan fingerprint density at radius 3 is 2.56 bits per heavy atom. The Morgan fingerprint density at radius 2 is 1.92 bits per heavy atom. The standard InChI is InChI=1S/C17H15F3N4O/c18-17(19,20)15-9-14(2-1-13(15)10-21)23-8-5-16(25)24-11-12-3-6-22-7-4-12/h1-4,6-7,9,23H,5,8,11H2,(H,24,25). The van der Waals surface area contributed by atoms with E-state index in [4.69, 9.17) is 5.26 Å². The van der Waals surface area contributed by atoms with Crippen LogP contribution in [0.5, 0.6) is 0 Å². The third kappa shape index (κ3) is 5.49. The monoisotopic (exact) mass is 348 g/mol. The van der Waals surface area contributed by atoms with Crippen molar-refractivity contribution in [3.05, 3.63) is 59.4 Å². The number of nitriles is 1. The topological polar surface area (TPSA) is 77.8 Å². The third-order valence-corrected chi connectivity index (χ3v) is 3.37. The summed E-state index contributed by atoms with van der Waals surface area (Å²) in [6.45, 7) is 0.530. The molecule has 2 aromatic rings. The van der Waals surface area contributed by atoms with Gasteiger partial charge in [0.15, 0.2) is 0 Å². The lowest BCUT2D eigenvalue weighted by atomic mass is 10.1. The Labute approximate surface area is 142 Å². The van der Waals surface area contributed by atoms with Gasteiger partial charge in [0.1, 0.15) is 0 Å². The van der Waals surface area contributed by atoms with Crippen LogP contribution in [0.4, 0.5) is 18.9 Å². The van der Waals surface area contributed by atoms with Crippen molar-refractivity contribution in [1.29, 1.82) is 5.26 Å². The molecule has 0 radical (unpaired) electrons. The maximum Gasteiger partial charge on any atom is 0.417 e. The van der Waals surface area contributed by atoms with Gasteiger partial charge in [-0.1, -0.05) is 0 Å². The Kier molecular flexibility index (Phi) is 5.95. The van der Waals surface area contributed by atoms with Crippen molar-refractivity contribution in [2.75, 3.05) is 11.9 Å². The van der Waals surface area contributed by atoms with E-state index in [0.29, 0.717) is 6.54 Å². The normalized spacial score (nSPS) is 10.8. The highest BCUT2D eigenvalue weighted by molar-refractivity contribution is 5.76. The molecular weight excluding hydrogens is 333 g/mol. The second-order valence-electron chi connectivity index (χ2n) is 5.18. The van der Waals surface area contributed by atoms with Crippen LogP contribution in [0, 0.1) is 11.3 Å². The van der Waals surface area contributed by atoms with Gasteiger partial charge in [0.2, 0.25) is 5.91 Å². The molecule has 1 aromatic carbocycles. The van der Waals surface area contributed by atoms with E-state index in [2.05, 4.69) is 15.6 Å². The minimum Gasteiger partial charge on any atom is -0.385 e. The number of alkyl halides is 3. The summed E-state index contributed by atoms with van der Waals surface area (Å²) in [6, 6.07) is 8.42. The number of nitrogens with one attached hydrogen (secondary N) is 2. The van der Waals surface area contributed by atoms with Crippen LogP contribution in [-0.2, 0) is 17.5 Å². The molecule has 130 valence electrons. The van der Waals surface area contributed by atoms with Crippen LogP contribution in [0.25, 0.3) is 0 Å². The molecule has 0 aliphatic rings. The summed E-state index contributed by atoms with van der Waals surface area (Å²) in [6.07, 6.45) is -1.27. The number of nitrogens with zero attached hydrogens (tertiary/aromatic N) is 2. The molecule has 2 N–H and O–H groups in total. The van der Waals surface area contributed by atoms with Gasteiger partial charge < -0.3 is 10.6 Å². The Morgan fingerprint density at radius 1 is 1.20 bits per heavy atom. The quantitative estimate of drug-likeness (QED) is 0.841. The highest BCUT2D eigenvalue weighted by Crippen LogP contribution is 2.33. The van der Waals surface area contributed by atoms with Crippen molar-refractivity contribution in [1.82, 2.24) is 10.3 Å². The summed E-state index contributed by atoms with van der Waals surface area (Å²) in [5, 5.41) is 14.2. The van der Waals surface area contributed by atoms with E-state index >= 15 is 0 Å². The lowest BCUT2D eigenvalue weighted by Crippen LogP contribution is -2.24. The number of halogens is 3. The zero-order valence-corrected chi connectivity index (χ0v) is 13.1. The summed E-state index contributed by atoms with van der Waals surface area (Å²) in [4.78, 5) is 15.6. The third-order valence-electron chi connectivity index (χ3n) is 3.37. The first kappa shape index (κ1) is 18.3. The fraction of sp³-hybridized carbons (Fsp3) is 0.235. The highest BCUT2D eigenvalue weighted by atomic mass is 19.4. The average Bonchev–Trinajstić information content (AvgIpc) is 2.60. The SMILES string of the molecule is N#Cc1ccc(NCCC(=O)NCc2ccncc2)cc1C(F)(F)F. The van der Waals surface area contributed by atoms with Crippen LogP contribution in [0.15, 0.2) is 42.7 Å².